The van der Waals surface area contributed by atoms with Crippen LogP contribution in [0.1, 0.15) is 19.5 Å². The number of benzene rings is 4. The summed E-state index contributed by atoms with van der Waals surface area (Å²) < 4.78 is 42.4. The van der Waals surface area contributed by atoms with E-state index < -0.39 is 29.0 Å². The third kappa shape index (κ3) is 20.4. The molecule has 11 rings (SSSR count). The van der Waals surface area contributed by atoms with Gasteiger partial charge in [0.2, 0.25) is 17.7 Å². The molecular formula is C63H56Cl3N15O14. The van der Waals surface area contributed by atoms with Crippen molar-refractivity contribution in [3.8, 4) is 110 Å². The van der Waals surface area contributed by atoms with Crippen LogP contribution < -0.4 is 54.7 Å². The van der Waals surface area contributed by atoms with Gasteiger partial charge in [-0.1, -0.05) is 77.8 Å². The molecule has 0 aliphatic carbocycles. The van der Waals surface area contributed by atoms with E-state index in [9.17, 15) is 29.4 Å². The number of Topliss-reactive ketones (excluding diaryl/α,β-unsaturated/α-hetero) is 2. The van der Waals surface area contributed by atoms with Crippen LogP contribution in [0, 0.1) is 5.41 Å². The van der Waals surface area contributed by atoms with Crippen molar-refractivity contribution in [2.75, 3.05) is 28.4 Å². The first kappa shape index (κ1) is 71.9. The van der Waals surface area contributed by atoms with Gasteiger partial charge in [0.1, 0.15) is 11.5 Å². The number of ether oxygens (including phenoxy) is 8. The number of carbonyl (C=O) groups is 2. The molecule has 0 atom stereocenters. The molecule has 95 heavy (non-hydrogen) atoms. The molecule has 0 amide bonds. The minimum atomic E-state index is -1.06. The molecule has 29 nitrogen and oxygen atoms in total. The maximum atomic E-state index is 12.2. The topological polar surface area (TPSA) is 406 Å². The van der Waals surface area contributed by atoms with Crippen molar-refractivity contribution in [1.29, 1.82) is 5.41 Å². The zero-order valence-electron chi connectivity index (χ0n) is 50.8. The minimum absolute atomic E-state index is 0. The molecule has 0 aliphatic heterocycles. The van der Waals surface area contributed by atoms with Crippen LogP contribution in [0.5, 0.6) is 75.0 Å². The Morgan fingerprint density at radius 2 is 0.758 bits per heavy atom. The van der Waals surface area contributed by atoms with E-state index in [4.69, 9.17) is 72.2 Å². The second-order valence-corrected chi connectivity index (χ2v) is 18.8. The Labute approximate surface area is 555 Å². The van der Waals surface area contributed by atoms with Gasteiger partial charge in [-0.2, -0.15) is 9.97 Å². The Balaban J connectivity index is 0.000000193. The highest BCUT2D eigenvalue weighted by Gasteiger charge is 2.24. The fourth-order valence-electron chi connectivity index (χ4n) is 7.39. The zero-order valence-corrected chi connectivity index (χ0v) is 53.1. The van der Waals surface area contributed by atoms with Crippen LogP contribution >= 0.6 is 35.6 Å². The van der Waals surface area contributed by atoms with Gasteiger partial charge in [-0.3, -0.25) is 29.6 Å². The highest BCUT2D eigenvalue weighted by atomic mass is 35.5. The summed E-state index contributed by atoms with van der Waals surface area (Å²) in [6, 6.07) is 37.7. The predicted molar refractivity (Wildman–Crippen MR) is 349 cm³/mol. The number of para-hydroxylation sites is 8. The standard InChI is InChI=1S/C15H10Cl2N4O2.2C15H12N4O4.C12H14O4.C6H7N3.ClH/c1-22-9-5-2-3-6-10(9)23-11-12(16)20-15(21-13(11)17)14-18-7-4-8-19-14;2*1-22-9-5-2-3-6-10(9)23-11-14(20)18-13(19-15(11)21)12-16-7-4-8-17-12;1-8(13)12(9(2)14)16-11-7-5-4-6-10(11)15-3;7-6(8)5-3-1-2-4-9-5;/h2-8H,1H3;2*2-8H,1H3,(H2,18,19,20,21);4-7,12H,1-3H3;1-4H,(H3,7,8);1H. The summed E-state index contributed by atoms with van der Waals surface area (Å²) in [5.74, 6) is 1.95. The number of aromatic hydroxyl groups is 2. The van der Waals surface area contributed by atoms with Gasteiger partial charge in [-0.15, -0.1) is 12.4 Å². The summed E-state index contributed by atoms with van der Waals surface area (Å²) in [6.45, 7) is 2.64. The summed E-state index contributed by atoms with van der Waals surface area (Å²) >= 11 is 12.3. The number of aromatic amines is 2. The molecule has 0 bridgehead atoms. The molecule has 7 N–H and O–H groups in total. The Kier molecular flexibility index (Phi) is 27.2. The number of aromatic nitrogens is 13. The lowest BCUT2D eigenvalue weighted by Gasteiger charge is -2.15. The second-order valence-electron chi connectivity index (χ2n) is 18.1. The van der Waals surface area contributed by atoms with Crippen LogP contribution in [0.25, 0.3) is 34.9 Å². The van der Waals surface area contributed by atoms with Crippen molar-refractivity contribution < 1.29 is 57.7 Å². The lowest BCUT2D eigenvalue weighted by atomic mass is 10.2. The number of nitrogen functional groups attached to an aromatic ring is 1. The molecular weight excluding hydrogens is 1300 g/mol. The molecule has 0 fully saturated rings. The number of nitrogens with two attached hydrogens (primary N) is 1. The third-order valence-corrected chi connectivity index (χ3v) is 12.2. The molecule has 11 aromatic rings. The first-order valence-corrected chi connectivity index (χ1v) is 27.9. The van der Waals surface area contributed by atoms with Gasteiger partial charge in [0, 0.05) is 43.4 Å². The molecule has 0 saturated heterocycles. The zero-order chi connectivity index (χ0) is 67.5. The molecule has 7 aromatic heterocycles. The number of nitrogens with zero attached hydrogens (tertiary/aromatic N) is 11. The highest BCUT2D eigenvalue weighted by molar-refractivity contribution is 6.35. The molecule has 0 spiro atoms. The van der Waals surface area contributed by atoms with Crippen molar-refractivity contribution in [3.63, 3.8) is 0 Å². The molecule has 0 radical (unpaired) electrons. The Morgan fingerprint density at radius 1 is 0.442 bits per heavy atom. The summed E-state index contributed by atoms with van der Waals surface area (Å²) in [4.78, 5) is 95.4. The van der Waals surface area contributed by atoms with Gasteiger partial charge in [0.15, 0.2) is 97.0 Å². The molecule has 0 saturated carbocycles. The molecule has 4 aromatic carbocycles. The van der Waals surface area contributed by atoms with E-state index in [0.717, 1.165) is 0 Å². The molecule has 0 aliphatic rings. The lowest BCUT2D eigenvalue weighted by molar-refractivity contribution is -0.134. The number of ketones is 2. The number of rotatable bonds is 18. The SMILES string of the molecule is COc1ccccc1OC(C(C)=O)C(C)=O.COc1ccccc1Oc1c(Cl)nc(-c2ncccn2)nc1Cl.COc1ccccc1Oc1c(O)nc(-c2ncccn2)[nH]c1=O.COc1ccccc1Oc1c(O)nc(-c2ncccn2)[nH]c1=O.Cl.N=C(N)c1ccccn1. The van der Waals surface area contributed by atoms with Crippen LogP contribution in [0.3, 0.4) is 0 Å². The summed E-state index contributed by atoms with van der Waals surface area (Å²) in [6.07, 6.45) is 9.70. The van der Waals surface area contributed by atoms with E-state index >= 15 is 0 Å². The summed E-state index contributed by atoms with van der Waals surface area (Å²) in [5, 5.41) is 27.1. The van der Waals surface area contributed by atoms with Gasteiger partial charge >= 0.3 is 0 Å². The molecule has 32 heteroatoms. The van der Waals surface area contributed by atoms with E-state index in [-0.39, 0.29) is 98.0 Å². The number of halogens is 3. The number of carbonyl (C=O) groups excluding carboxylic acids is 2. The van der Waals surface area contributed by atoms with Crippen LogP contribution in [0.4, 0.5) is 0 Å². The van der Waals surface area contributed by atoms with E-state index in [0.29, 0.717) is 46.0 Å². The molecule has 488 valence electrons. The van der Waals surface area contributed by atoms with E-state index in [2.05, 4.69) is 64.8 Å². The van der Waals surface area contributed by atoms with Crippen molar-refractivity contribution >= 4 is 53.0 Å². The average Bonchev–Trinajstić information content (AvgIpc) is 0.866. The van der Waals surface area contributed by atoms with E-state index in [1.54, 1.807) is 146 Å². The van der Waals surface area contributed by atoms with Gasteiger partial charge in [0.05, 0.1) is 28.4 Å². The van der Waals surface area contributed by atoms with E-state index in [1.165, 1.54) is 67.1 Å². The lowest BCUT2D eigenvalue weighted by Crippen LogP contribution is -2.32. The summed E-state index contributed by atoms with van der Waals surface area (Å²) in [5.41, 5.74) is 4.34. The van der Waals surface area contributed by atoms with Crippen LogP contribution in [-0.2, 0) is 9.59 Å². The minimum Gasteiger partial charge on any atom is -0.493 e. The fraction of sp³-hybridized carbons (Fsp3) is 0.111. The number of pyridine rings is 1. The van der Waals surface area contributed by atoms with Crippen LogP contribution in [-0.4, -0.2) is 127 Å². The quantitative estimate of drug-likeness (QED) is 0.0201. The molecule has 7 heterocycles. The number of H-pyrrole nitrogens is 2. The third-order valence-electron chi connectivity index (χ3n) is 11.7. The largest absolute Gasteiger partial charge is 0.493 e. The smallest absolute Gasteiger partial charge is 0.298 e. The van der Waals surface area contributed by atoms with Crippen molar-refractivity contribution in [2.45, 2.75) is 20.0 Å². The summed E-state index contributed by atoms with van der Waals surface area (Å²) in [7, 11) is 5.98. The number of amidine groups is 1. The Morgan fingerprint density at radius 3 is 1.07 bits per heavy atom. The van der Waals surface area contributed by atoms with Gasteiger partial charge < -0.3 is 63.8 Å². The van der Waals surface area contributed by atoms with Crippen LogP contribution in [0.2, 0.25) is 10.3 Å². The monoisotopic (exact) mass is 1350 g/mol. The maximum Gasteiger partial charge on any atom is 0.298 e. The first-order chi connectivity index (χ1) is 45.4. The van der Waals surface area contributed by atoms with Crippen molar-refractivity contribution in [2.24, 2.45) is 5.73 Å². The predicted octanol–water partition coefficient (Wildman–Crippen LogP) is 9.92. The molecule has 0 unspecified atom stereocenters. The fourth-order valence-corrected chi connectivity index (χ4v) is 7.86. The van der Waals surface area contributed by atoms with Gasteiger partial charge in [-0.25, -0.2) is 39.9 Å². The Hall–Kier alpha value is -12.2. The number of nitrogens with one attached hydrogen (secondary N) is 3. The maximum absolute atomic E-state index is 12.2. The number of hydrogen-bond acceptors (Lipinski definition) is 26. The Bertz CT molecular complexity index is 4280. The average molecular weight is 1350 g/mol. The van der Waals surface area contributed by atoms with E-state index in [1.807, 2.05) is 6.07 Å². The number of hydrogen-bond donors (Lipinski definition) is 6. The van der Waals surface area contributed by atoms with Gasteiger partial charge in [-0.05, 0) is 92.7 Å². The van der Waals surface area contributed by atoms with Crippen LogP contribution in [0.15, 0.2) is 186 Å². The second kappa shape index (κ2) is 36.0. The van der Waals surface area contributed by atoms with Crippen molar-refractivity contribution in [1.82, 2.24) is 64.8 Å². The number of methoxy groups -OCH3 is 4. The van der Waals surface area contributed by atoms with Crippen molar-refractivity contribution in [3.05, 3.63) is 214 Å². The first-order valence-electron chi connectivity index (χ1n) is 27.1. The van der Waals surface area contributed by atoms with Gasteiger partial charge in [0.25, 0.3) is 34.4 Å². The normalized spacial score (nSPS) is 10.0. The highest BCUT2D eigenvalue weighted by Crippen LogP contribution is 2.39.